The Balaban J connectivity index is 3.19. The molecule has 0 spiro atoms. The van der Waals surface area contributed by atoms with Crippen molar-refractivity contribution in [2.24, 2.45) is 0 Å². The topological polar surface area (TPSA) is 41.1 Å². The molecule has 0 aromatic heterocycles. The quantitative estimate of drug-likeness (QED) is 0.610. The lowest BCUT2D eigenvalue weighted by atomic mass is 10.4. The number of hydrogen-bond acceptors (Lipinski definition) is 2. The van der Waals surface area contributed by atoms with Crippen LogP contribution >= 0.6 is 11.6 Å². The Kier molecular flexibility index (Phi) is 8.17. The average molecular weight is 191 g/mol. The van der Waals surface area contributed by atoms with E-state index in [0.29, 0.717) is 13.1 Å². The van der Waals surface area contributed by atoms with Gasteiger partial charge in [0.05, 0.1) is 6.54 Å². The van der Waals surface area contributed by atoms with Crippen molar-refractivity contribution in [3.63, 3.8) is 0 Å². The third-order valence-corrected chi connectivity index (χ3v) is 1.39. The van der Waals surface area contributed by atoms with Crippen LogP contribution in [0.2, 0.25) is 0 Å². The van der Waals surface area contributed by atoms with Crippen LogP contribution in [0.5, 0.6) is 0 Å². The molecule has 0 aliphatic rings. The van der Waals surface area contributed by atoms with Gasteiger partial charge in [-0.05, 0) is 6.42 Å². The van der Waals surface area contributed by atoms with Crippen molar-refractivity contribution in [3.8, 4) is 0 Å². The first-order valence-corrected chi connectivity index (χ1v) is 4.47. The maximum absolute atomic E-state index is 10.9. The van der Waals surface area contributed by atoms with Gasteiger partial charge in [0.2, 0.25) is 5.91 Å². The van der Waals surface area contributed by atoms with E-state index in [1.807, 2.05) is 6.92 Å². The minimum Gasteiger partial charge on any atom is -0.355 e. The van der Waals surface area contributed by atoms with E-state index in [1.54, 1.807) is 6.08 Å². The molecule has 4 heteroatoms. The molecular formula is C8H15ClN2O. The maximum Gasteiger partial charge on any atom is 0.233 e. The van der Waals surface area contributed by atoms with E-state index in [9.17, 15) is 4.79 Å². The highest BCUT2D eigenvalue weighted by molar-refractivity contribution is 6.25. The molecule has 70 valence electrons. The van der Waals surface area contributed by atoms with Gasteiger partial charge < -0.3 is 10.6 Å². The first-order valence-electron chi connectivity index (χ1n) is 4.04. The summed E-state index contributed by atoms with van der Waals surface area (Å²) in [6.07, 6.45) is 2.71. The lowest BCUT2D eigenvalue weighted by Crippen LogP contribution is -2.34. The van der Waals surface area contributed by atoms with Crippen LogP contribution in [0.3, 0.4) is 0 Å². The summed E-state index contributed by atoms with van der Waals surface area (Å²) in [6, 6.07) is 0. The van der Waals surface area contributed by atoms with Crippen molar-refractivity contribution in [1.82, 2.24) is 10.6 Å². The molecule has 0 heterocycles. The molecule has 0 bridgehead atoms. The lowest BCUT2D eigenvalue weighted by Gasteiger charge is -2.02. The second-order valence-electron chi connectivity index (χ2n) is 2.34. The Bertz CT molecular complexity index is 148. The molecule has 0 aliphatic heterocycles. The molecule has 3 nitrogen and oxygen atoms in total. The molecule has 1 amide bonds. The van der Waals surface area contributed by atoms with Gasteiger partial charge in [-0.15, -0.1) is 0 Å². The van der Waals surface area contributed by atoms with E-state index in [2.05, 4.69) is 10.6 Å². The van der Waals surface area contributed by atoms with Gasteiger partial charge >= 0.3 is 0 Å². The molecule has 0 saturated carbocycles. The maximum atomic E-state index is 10.9. The first-order chi connectivity index (χ1) is 5.81. The van der Waals surface area contributed by atoms with E-state index in [-0.39, 0.29) is 5.91 Å². The highest BCUT2D eigenvalue weighted by atomic mass is 35.5. The van der Waals surface area contributed by atoms with Crippen molar-refractivity contribution in [3.05, 3.63) is 11.6 Å². The van der Waals surface area contributed by atoms with Crippen LogP contribution in [0.1, 0.15) is 13.3 Å². The molecule has 0 aromatic rings. The van der Waals surface area contributed by atoms with Crippen LogP contribution in [0, 0.1) is 0 Å². The van der Waals surface area contributed by atoms with Gasteiger partial charge in [0, 0.05) is 18.6 Å². The minimum absolute atomic E-state index is 0.0276. The molecule has 12 heavy (non-hydrogen) atoms. The predicted molar refractivity (Wildman–Crippen MR) is 51.2 cm³/mol. The second kappa shape index (κ2) is 8.56. The third kappa shape index (κ3) is 7.57. The van der Waals surface area contributed by atoms with Gasteiger partial charge in [-0.3, -0.25) is 4.79 Å². The SMILES string of the molecule is CCCNC(=O)CNC/C=C/Cl. The van der Waals surface area contributed by atoms with Gasteiger partial charge in [0.25, 0.3) is 0 Å². The zero-order valence-corrected chi connectivity index (χ0v) is 8.03. The van der Waals surface area contributed by atoms with Crippen molar-refractivity contribution in [1.29, 1.82) is 0 Å². The second-order valence-corrected chi connectivity index (χ2v) is 2.59. The summed E-state index contributed by atoms with van der Waals surface area (Å²) in [5.74, 6) is 0.0276. The monoisotopic (exact) mass is 190 g/mol. The molecule has 0 aliphatic carbocycles. The van der Waals surface area contributed by atoms with Crippen LogP contribution in [0.15, 0.2) is 11.6 Å². The number of hydrogen-bond donors (Lipinski definition) is 2. The van der Waals surface area contributed by atoms with Crippen molar-refractivity contribution in [2.75, 3.05) is 19.6 Å². The minimum atomic E-state index is 0.0276. The number of nitrogens with one attached hydrogen (secondary N) is 2. The van der Waals surface area contributed by atoms with E-state index in [4.69, 9.17) is 11.6 Å². The molecular weight excluding hydrogens is 176 g/mol. The summed E-state index contributed by atoms with van der Waals surface area (Å²) in [6.45, 7) is 3.74. The standard InChI is InChI=1S/C8H15ClN2O/c1-2-5-11-8(12)7-10-6-3-4-9/h3-4,10H,2,5-7H2,1H3,(H,11,12)/b4-3+. The van der Waals surface area contributed by atoms with Crippen LogP contribution in [0.25, 0.3) is 0 Å². The molecule has 0 saturated heterocycles. The molecule has 0 atom stereocenters. The van der Waals surface area contributed by atoms with Gasteiger partial charge in [0.1, 0.15) is 0 Å². The predicted octanol–water partition coefficient (Wildman–Crippen LogP) is 0.855. The number of carbonyl (C=O) groups excluding carboxylic acids is 1. The zero-order chi connectivity index (χ0) is 9.23. The number of amides is 1. The highest BCUT2D eigenvalue weighted by Crippen LogP contribution is 1.75. The Morgan fingerprint density at radius 1 is 1.58 bits per heavy atom. The van der Waals surface area contributed by atoms with Crippen molar-refractivity contribution < 1.29 is 4.79 Å². The molecule has 0 radical (unpaired) electrons. The fourth-order valence-corrected chi connectivity index (χ4v) is 0.730. The van der Waals surface area contributed by atoms with E-state index in [1.165, 1.54) is 5.54 Å². The van der Waals surface area contributed by atoms with Crippen LogP contribution < -0.4 is 10.6 Å². The zero-order valence-electron chi connectivity index (χ0n) is 7.27. The summed E-state index contributed by atoms with van der Waals surface area (Å²) in [5.41, 5.74) is 1.43. The lowest BCUT2D eigenvalue weighted by molar-refractivity contribution is -0.120. The van der Waals surface area contributed by atoms with Gasteiger partial charge in [0.15, 0.2) is 0 Å². The van der Waals surface area contributed by atoms with E-state index >= 15 is 0 Å². The molecule has 2 N–H and O–H groups in total. The van der Waals surface area contributed by atoms with Gasteiger partial charge in [-0.25, -0.2) is 0 Å². The molecule has 0 rings (SSSR count). The number of halogens is 1. The number of carbonyl (C=O) groups is 1. The summed E-state index contributed by atoms with van der Waals surface area (Å²) in [5, 5.41) is 5.66. The molecule has 0 unspecified atom stereocenters. The van der Waals surface area contributed by atoms with Gasteiger partial charge in [-0.1, -0.05) is 24.6 Å². The normalized spacial score (nSPS) is 10.5. The van der Waals surface area contributed by atoms with E-state index < -0.39 is 0 Å². The van der Waals surface area contributed by atoms with Crippen molar-refractivity contribution in [2.45, 2.75) is 13.3 Å². The summed E-state index contributed by atoms with van der Waals surface area (Å²) < 4.78 is 0. The highest BCUT2D eigenvalue weighted by Gasteiger charge is 1.95. The van der Waals surface area contributed by atoms with Crippen LogP contribution in [-0.2, 0) is 4.79 Å². The summed E-state index contributed by atoms with van der Waals surface area (Å²) >= 11 is 5.28. The summed E-state index contributed by atoms with van der Waals surface area (Å²) in [4.78, 5) is 10.9. The fraction of sp³-hybridized carbons (Fsp3) is 0.625. The Labute approximate surface area is 78.2 Å². The van der Waals surface area contributed by atoms with Crippen LogP contribution in [0.4, 0.5) is 0 Å². The average Bonchev–Trinajstić information content (AvgIpc) is 2.09. The van der Waals surface area contributed by atoms with Gasteiger partial charge in [-0.2, -0.15) is 0 Å². The largest absolute Gasteiger partial charge is 0.355 e. The Morgan fingerprint density at radius 2 is 2.33 bits per heavy atom. The van der Waals surface area contributed by atoms with E-state index in [0.717, 1.165) is 13.0 Å². The number of rotatable bonds is 6. The first kappa shape index (κ1) is 11.5. The Hall–Kier alpha value is -0.540. The molecule has 0 aromatic carbocycles. The fourth-order valence-electron chi connectivity index (χ4n) is 0.640. The van der Waals surface area contributed by atoms with Crippen LogP contribution in [-0.4, -0.2) is 25.5 Å². The molecule has 0 fully saturated rings. The third-order valence-electron chi connectivity index (χ3n) is 1.21. The smallest absolute Gasteiger partial charge is 0.233 e. The summed E-state index contributed by atoms with van der Waals surface area (Å²) in [7, 11) is 0. The van der Waals surface area contributed by atoms with Crippen molar-refractivity contribution >= 4 is 17.5 Å². The Morgan fingerprint density at radius 3 is 2.92 bits per heavy atom.